The summed E-state index contributed by atoms with van der Waals surface area (Å²) in [5.74, 6) is -0.534. The van der Waals surface area contributed by atoms with Crippen LogP contribution in [0, 0.1) is 6.92 Å². The molecule has 2 heterocycles. The zero-order chi connectivity index (χ0) is 20.5. The molecule has 0 aliphatic carbocycles. The summed E-state index contributed by atoms with van der Waals surface area (Å²) >= 11 is 0. The third-order valence-corrected chi connectivity index (χ3v) is 5.07. The SMILES string of the molecule is CCc1ccccc1-n1cc(C(=O)OC)c2nn(-c3ccccc3C)c(=O)c-2c1. The average Bonchev–Trinajstić information content (AvgIpc) is 3.09. The summed E-state index contributed by atoms with van der Waals surface area (Å²) in [5, 5.41) is 4.48. The Morgan fingerprint density at radius 1 is 1.03 bits per heavy atom. The van der Waals surface area contributed by atoms with Gasteiger partial charge in [-0.25, -0.2) is 4.79 Å². The van der Waals surface area contributed by atoms with E-state index in [1.807, 2.05) is 55.5 Å². The fourth-order valence-electron chi connectivity index (χ4n) is 3.53. The zero-order valence-electron chi connectivity index (χ0n) is 16.5. The number of carbonyl (C=O) groups is 1. The Kier molecular flexibility index (Phi) is 4.76. The van der Waals surface area contributed by atoms with Crippen LogP contribution in [0.3, 0.4) is 0 Å². The summed E-state index contributed by atoms with van der Waals surface area (Å²) in [6.45, 7) is 3.98. The van der Waals surface area contributed by atoms with E-state index in [2.05, 4.69) is 12.0 Å². The van der Waals surface area contributed by atoms with Crippen molar-refractivity contribution in [2.75, 3.05) is 7.11 Å². The van der Waals surface area contributed by atoms with Gasteiger partial charge < -0.3 is 9.30 Å². The van der Waals surface area contributed by atoms with Crippen molar-refractivity contribution >= 4 is 5.97 Å². The van der Waals surface area contributed by atoms with Crippen LogP contribution in [-0.2, 0) is 11.2 Å². The van der Waals surface area contributed by atoms with Gasteiger partial charge in [-0.2, -0.15) is 9.78 Å². The molecule has 2 aromatic carbocycles. The molecule has 0 radical (unpaired) electrons. The highest BCUT2D eigenvalue weighted by atomic mass is 16.5. The predicted octanol–water partition coefficient (Wildman–Crippen LogP) is 3.79. The van der Waals surface area contributed by atoms with E-state index in [1.165, 1.54) is 11.8 Å². The largest absolute Gasteiger partial charge is 0.465 e. The molecule has 0 N–H and O–H groups in total. The van der Waals surface area contributed by atoms with Crippen molar-refractivity contribution in [1.82, 2.24) is 14.3 Å². The number of aromatic nitrogens is 3. The van der Waals surface area contributed by atoms with Gasteiger partial charge in [-0.3, -0.25) is 4.79 Å². The topological polar surface area (TPSA) is 66.1 Å². The standard InChI is InChI=1S/C23H21N3O3/c1-4-16-10-6-8-12-20(16)25-13-17-21(18(14-25)23(28)29-3)24-26(22(17)27)19-11-7-5-9-15(19)2/h5-14H,4H2,1-3H3. The molecule has 6 heteroatoms. The molecule has 0 bridgehead atoms. The number of hydrogen-bond donors (Lipinski definition) is 0. The second kappa shape index (κ2) is 7.39. The van der Waals surface area contributed by atoms with E-state index in [1.54, 1.807) is 17.0 Å². The number of aryl methyl sites for hydroxylation is 2. The fourth-order valence-corrected chi connectivity index (χ4v) is 3.53. The van der Waals surface area contributed by atoms with Gasteiger partial charge in [0.1, 0.15) is 11.3 Å². The molecule has 2 aromatic rings. The molecule has 6 nitrogen and oxygen atoms in total. The number of para-hydroxylation sites is 2. The van der Waals surface area contributed by atoms with Crippen molar-refractivity contribution < 1.29 is 9.53 Å². The monoisotopic (exact) mass is 387 g/mol. The van der Waals surface area contributed by atoms with E-state index in [-0.39, 0.29) is 11.1 Å². The summed E-state index contributed by atoms with van der Waals surface area (Å²) in [4.78, 5) is 25.7. The van der Waals surface area contributed by atoms with Crippen LogP contribution < -0.4 is 5.56 Å². The van der Waals surface area contributed by atoms with Crippen LogP contribution in [0.4, 0.5) is 0 Å². The molecule has 4 rings (SSSR count). The van der Waals surface area contributed by atoms with Gasteiger partial charge in [0.2, 0.25) is 0 Å². The summed E-state index contributed by atoms with van der Waals surface area (Å²) in [6.07, 6.45) is 4.24. The molecule has 0 unspecified atom stereocenters. The van der Waals surface area contributed by atoms with Gasteiger partial charge in [0, 0.05) is 18.1 Å². The Balaban J connectivity index is 2.04. The van der Waals surface area contributed by atoms with Gasteiger partial charge in [-0.05, 0) is 36.6 Å². The molecule has 2 aliphatic heterocycles. The number of rotatable bonds is 4. The third-order valence-electron chi connectivity index (χ3n) is 5.07. The van der Waals surface area contributed by atoms with Crippen molar-refractivity contribution in [3.8, 4) is 22.6 Å². The van der Waals surface area contributed by atoms with E-state index < -0.39 is 5.97 Å². The highest BCUT2D eigenvalue weighted by Gasteiger charge is 2.25. The van der Waals surface area contributed by atoms with Crippen LogP contribution in [0.15, 0.2) is 65.7 Å². The summed E-state index contributed by atoms with van der Waals surface area (Å²) in [7, 11) is 1.32. The Bertz CT molecular complexity index is 1240. The number of benzene rings is 2. The highest BCUT2D eigenvalue weighted by Crippen LogP contribution is 2.26. The lowest BCUT2D eigenvalue weighted by molar-refractivity contribution is 0.0600. The first kappa shape index (κ1) is 18.7. The Morgan fingerprint density at radius 3 is 2.41 bits per heavy atom. The van der Waals surface area contributed by atoms with E-state index in [0.717, 1.165) is 23.2 Å². The molecular weight excluding hydrogens is 366 g/mol. The first-order chi connectivity index (χ1) is 14.0. The molecule has 0 spiro atoms. The number of methoxy groups -OCH3 is 1. The third kappa shape index (κ3) is 3.12. The summed E-state index contributed by atoms with van der Waals surface area (Å²) in [6, 6.07) is 15.4. The number of fused-ring (bicyclic) bond motifs is 1. The second-order valence-electron chi connectivity index (χ2n) is 6.82. The average molecular weight is 387 g/mol. The molecule has 0 aromatic heterocycles. The number of ether oxygens (including phenoxy) is 1. The Hall–Kier alpha value is -3.67. The molecule has 0 saturated carbocycles. The van der Waals surface area contributed by atoms with Crippen molar-refractivity contribution in [3.05, 3.63) is 88.0 Å². The smallest absolute Gasteiger partial charge is 0.341 e. The Morgan fingerprint density at radius 2 is 1.72 bits per heavy atom. The molecule has 2 aliphatic rings. The molecular formula is C23H21N3O3. The molecule has 0 atom stereocenters. The lowest BCUT2D eigenvalue weighted by Crippen LogP contribution is -2.16. The number of carbonyl (C=O) groups excluding carboxylic acids is 1. The van der Waals surface area contributed by atoms with E-state index in [9.17, 15) is 9.59 Å². The highest BCUT2D eigenvalue weighted by molar-refractivity contribution is 5.96. The first-order valence-electron chi connectivity index (χ1n) is 9.42. The minimum Gasteiger partial charge on any atom is -0.465 e. The van der Waals surface area contributed by atoms with Crippen LogP contribution in [0.1, 0.15) is 28.4 Å². The molecule has 0 amide bonds. The normalized spacial score (nSPS) is 11.0. The minimum atomic E-state index is -0.534. The maximum atomic E-state index is 13.2. The maximum Gasteiger partial charge on any atom is 0.341 e. The van der Waals surface area contributed by atoms with Crippen LogP contribution in [-0.4, -0.2) is 27.4 Å². The first-order valence-corrected chi connectivity index (χ1v) is 9.42. The van der Waals surface area contributed by atoms with Crippen molar-refractivity contribution in [2.45, 2.75) is 20.3 Å². The van der Waals surface area contributed by atoms with Gasteiger partial charge >= 0.3 is 5.97 Å². The van der Waals surface area contributed by atoms with Gasteiger partial charge in [-0.1, -0.05) is 43.3 Å². The quantitative estimate of drug-likeness (QED) is 0.500. The predicted molar refractivity (Wildman–Crippen MR) is 111 cm³/mol. The number of hydrogen-bond acceptors (Lipinski definition) is 4. The lowest BCUT2D eigenvalue weighted by atomic mass is 10.1. The van der Waals surface area contributed by atoms with Gasteiger partial charge in [0.15, 0.2) is 0 Å². The Labute approximate surface area is 168 Å². The van der Waals surface area contributed by atoms with Crippen LogP contribution >= 0.6 is 0 Å². The van der Waals surface area contributed by atoms with Crippen molar-refractivity contribution in [1.29, 1.82) is 0 Å². The fraction of sp³-hybridized carbons (Fsp3) is 0.174. The second-order valence-corrected chi connectivity index (χ2v) is 6.82. The lowest BCUT2D eigenvalue weighted by Gasteiger charge is -2.14. The van der Waals surface area contributed by atoms with Crippen molar-refractivity contribution in [3.63, 3.8) is 0 Å². The number of nitrogens with zero attached hydrogens (tertiary/aromatic N) is 3. The zero-order valence-corrected chi connectivity index (χ0v) is 16.5. The van der Waals surface area contributed by atoms with Crippen molar-refractivity contribution in [2.24, 2.45) is 0 Å². The molecule has 29 heavy (non-hydrogen) atoms. The molecule has 0 saturated heterocycles. The number of esters is 1. The summed E-state index contributed by atoms with van der Waals surface area (Å²) < 4.78 is 8.12. The number of pyridine rings is 1. The minimum absolute atomic E-state index is 0.250. The van der Waals surface area contributed by atoms with E-state index >= 15 is 0 Å². The molecule has 146 valence electrons. The molecule has 0 fully saturated rings. The van der Waals surface area contributed by atoms with E-state index in [0.29, 0.717) is 16.9 Å². The summed E-state index contributed by atoms with van der Waals surface area (Å²) in [5.41, 5.74) is 4.28. The van der Waals surface area contributed by atoms with Gasteiger partial charge in [0.25, 0.3) is 5.56 Å². The van der Waals surface area contributed by atoms with Gasteiger partial charge in [0.05, 0.1) is 18.4 Å². The van der Waals surface area contributed by atoms with Crippen LogP contribution in [0.25, 0.3) is 22.6 Å². The van der Waals surface area contributed by atoms with E-state index in [4.69, 9.17) is 4.74 Å². The van der Waals surface area contributed by atoms with Gasteiger partial charge in [-0.15, -0.1) is 0 Å². The van der Waals surface area contributed by atoms with Crippen LogP contribution in [0.2, 0.25) is 0 Å². The van der Waals surface area contributed by atoms with Crippen LogP contribution in [0.5, 0.6) is 0 Å². The maximum absolute atomic E-state index is 13.2.